The molecule has 0 spiro atoms. The number of hydrogen-bond donors (Lipinski definition) is 2. The van der Waals surface area contributed by atoms with Crippen LogP contribution in [0.25, 0.3) is 0 Å². The monoisotopic (exact) mass is 514 g/mol. The van der Waals surface area contributed by atoms with Crippen LogP contribution in [0, 0.1) is 17.7 Å². The zero-order chi connectivity index (χ0) is 26.2. The highest BCUT2D eigenvalue weighted by molar-refractivity contribution is 5.99. The molecule has 1 aromatic heterocycles. The van der Waals surface area contributed by atoms with Crippen molar-refractivity contribution < 1.29 is 31.1 Å². The van der Waals surface area contributed by atoms with Gasteiger partial charge in [-0.3, -0.25) is 9.59 Å². The number of alkyl halides is 5. The first kappa shape index (κ1) is 24.7. The van der Waals surface area contributed by atoms with Crippen molar-refractivity contribution in [2.75, 3.05) is 25.5 Å². The number of nitrogens with zero attached hydrogens (tertiary/aromatic N) is 2. The summed E-state index contributed by atoms with van der Waals surface area (Å²) in [6.45, 7) is 2.98. The Balaban J connectivity index is 1.43. The lowest BCUT2D eigenvalue weighted by Crippen LogP contribution is -2.32. The minimum Gasteiger partial charge on any atom is -0.381 e. The maximum atomic E-state index is 14.6. The molecular weight excluding hydrogens is 490 g/mol. The summed E-state index contributed by atoms with van der Waals surface area (Å²) in [6, 6.07) is 1.31. The molecule has 2 N–H and O–H groups in total. The van der Waals surface area contributed by atoms with E-state index in [9.17, 15) is 35.9 Å². The fourth-order valence-electron chi connectivity index (χ4n) is 5.18. The maximum Gasteiger partial charge on any atom is 0.419 e. The summed E-state index contributed by atoms with van der Waals surface area (Å²) in [7, 11) is 1.98. The Hall–Kier alpha value is -3.02. The molecule has 5 atom stereocenters. The number of benzene rings is 1. The SMILES string of the molecule is C[C@@H](NC(=O)c1cn([C@H]2CC2(F)F)c(=O)cc1N[C@H]1[C@@H]2CN(C)C[C@@H]21)c1cccc(C(F)(F)F)c1F. The van der Waals surface area contributed by atoms with Gasteiger partial charge in [0.15, 0.2) is 0 Å². The van der Waals surface area contributed by atoms with E-state index in [-0.39, 0.29) is 22.9 Å². The van der Waals surface area contributed by atoms with Gasteiger partial charge in [0.1, 0.15) is 11.9 Å². The van der Waals surface area contributed by atoms with E-state index in [1.54, 1.807) is 0 Å². The van der Waals surface area contributed by atoms with E-state index in [1.807, 2.05) is 7.05 Å². The molecule has 1 aromatic carbocycles. The average molecular weight is 514 g/mol. The van der Waals surface area contributed by atoms with Crippen molar-refractivity contribution in [1.82, 2.24) is 14.8 Å². The third-order valence-electron chi connectivity index (χ3n) is 7.30. The standard InChI is InChI=1S/C24H24F6N4O2/c1-11(12-4-3-5-16(20(12)25)24(28,29)30)31-22(36)15-10-34(18-7-23(18,26)27)19(35)6-17(15)32-21-13-8-33(2)9-14(13)21/h3-6,10-11,13-14,18,21,32H,7-9H2,1-2H3,(H,31,36)/t11-,13-,14+,18+,21+/m1/s1. The third-order valence-corrected chi connectivity index (χ3v) is 7.30. The molecule has 5 rings (SSSR count). The molecule has 36 heavy (non-hydrogen) atoms. The number of fused-ring (bicyclic) bond motifs is 1. The van der Waals surface area contributed by atoms with Crippen molar-refractivity contribution in [3.63, 3.8) is 0 Å². The molecule has 1 saturated heterocycles. The minimum absolute atomic E-state index is 0.00343. The van der Waals surface area contributed by atoms with Gasteiger partial charge in [0.05, 0.1) is 22.9 Å². The molecule has 3 fully saturated rings. The number of aromatic nitrogens is 1. The van der Waals surface area contributed by atoms with Gasteiger partial charge >= 0.3 is 6.18 Å². The van der Waals surface area contributed by atoms with Crippen molar-refractivity contribution in [2.45, 2.75) is 43.6 Å². The summed E-state index contributed by atoms with van der Waals surface area (Å²) in [4.78, 5) is 28.0. The largest absolute Gasteiger partial charge is 0.419 e. The highest BCUT2D eigenvalue weighted by Crippen LogP contribution is 2.52. The van der Waals surface area contributed by atoms with Gasteiger partial charge in [-0.1, -0.05) is 12.1 Å². The lowest BCUT2D eigenvalue weighted by molar-refractivity contribution is -0.140. The van der Waals surface area contributed by atoms with Gasteiger partial charge in [-0.15, -0.1) is 0 Å². The predicted molar refractivity (Wildman–Crippen MR) is 118 cm³/mol. The van der Waals surface area contributed by atoms with E-state index in [2.05, 4.69) is 15.5 Å². The molecule has 3 aliphatic rings. The smallest absolute Gasteiger partial charge is 0.381 e. The first-order valence-corrected chi connectivity index (χ1v) is 11.5. The second-order valence-corrected chi connectivity index (χ2v) is 9.95. The third kappa shape index (κ3) is 4.35. The van der Waals surface area contributed by atoms with Crippen LogP contribution >= 0.6 is 0 Å². The van der Waals surface area contributed by atoms with Crippen LogP contribution in [0.4, 0.5) is 32.0 Å². The number of piperidine rings is 1. The summed E-state index contributed by atoms with van der Waals surface area (Å²) in [5.74, 6) is -4.77. The second-order valence-electron chi connectivity index (χ2n) is 9.95. The van der Waals surface area contributed by atoms with Gasteiger partial charge in [0.2, 0.25) is 0 Å². The molecule has 1 aliphatic heterocycles. The van der Waals surface area contributed by atoms with E-state index in [4.69, 9.17) is 0 Å². The van der Waals surface area contributed by atoms with Gasteiger partial charge in [-0.25, -0.2) is 13.2 Å². The molecule has 2 aromatic rings. The molecular formula is C24H24F6N4O2. The molecule has 0 unspecified atom stereocenters. The van der Waals surface area contributed by atoms with Crippen molar-refractivity contribution in [3.05, 3.63) is 63.3 Å². The van der Waals surface area contributed by atoms with Gasteiger partial charge < -0.3 is 20.1 Å². The van der Waals surface area contributed by atoms with Gasteiger partial charge in [0, 0.05) is 43.4 Å². The number of carbonyl (C=O) groups excluding carboxylic acids is 1. The summed E-state index contributed by atoms with van der Waals surface area (Å²) in [5.41, 5.74) is -2.50. The van der Waals surface area contributed by atoms with Crippen LogP contribution in [0.5, 0.6) is 0 Å². The minimum atomic E-state index is -4.91. The Morgan fingerprint density at radius 3 is 2.42 bits per heavy atom. The van der Waals surface area contributed by atoms with Gasteiger partial charge in [-0.2, -0.15) is 13.2 Å². The molecule has 0 bridgehead atoms. The zero-order valence-electron chi connectivity index (χ0n) is 19.4. The number of halogens is 6. The van der Waals surface area contributed by atoms with Crippen molar-refractivity contribution >= 4 is 11.6 Å². The topological polar surface area (TPSA) is 66.4 Å². The quantitative estimate of drug-likeness (QED) is 0.571. The van der Waals surface area contributed by atoms with Crippen LogP contribution in [0.1, 0.15) is 46.9 Å². The molecule has 1 amide bonds. The molecule has 2 heterocycles. The fourth-order valence-corrected chi connectivity index (χ4v) is 5.18. The number of amides is 1. The number of hydrogen-bond acceptors (Lipinski definition) is 4. The molecule has 2 aliphatic carbocycles. The number of nitrogens with one attached hydrogen (secondary N) is 2. The van der Waals surface area contributed by atoms with E-state index in [0.717, 1.165) is 42.1 Å². The normalized spacial score (nSPS) is 27.3. The van der Waals surface area contributed by atoms with Crippen LogP contribution in [0.3, 0.4) is 0 Å². The summed E-state index contributed by atoms with van der Waals surface area (Å²) < 4.78 is 82.2. The van der Waals surface area contributed by atoms with Gasteiger partial charge in [0.25, 0.3) is 17.4 Å². The van der Waals surface area contributed by atoms with Crippen LogP contribution < -0.4 is 16.2 Å². The first-order chi connectivity index (χ1) is 16.8. The first-order valence-electron chi connectivity index (χ1n) is 11.5. The van der Waals surface area contributed by atoms with Crippen LogP contribution in [0.15, 0.2) is 35.3 Å². The van der Waals surface area contributed by atoms with E-state index < -0.39 is 53.5 Å². The number of rotatable bonds is 6. The zero-order valence-corrected chi connectivity index (χ0v) is 19.4. The molecule has 2 saturated carbocycles. The Morgan fingerprint density at radius 1 is 1.19 bits per heavy atom. The predicted octanol–water partition coefficient (Wildman–Crippen LogP) is 4.05. The Morgan fingerprint density at radius 2 is 1.83 bits per heavy atom. The summed E-state index contributed by atoms with van der Waals surface area (Å²) in [6.07, 6.45) is -4.40. The van der Waals surface area contributed by atoms with Crippen molar-refractivity contribution in [1.29, 1.82) is 0 Å². The van der Waals surface area contributed by atoms with Crippen molar-refractivity contribution in [2.24, 2.45) is 11.8 Å². The Bertz CT molecular complexity index is 1260. The fraction of sp³-hybridized carbons (Fsp3) is 0.500. The Labute approximate surface area is 202 Å². The number of carbonyl (C=O) groups is 1. The Kier molecular flexibility index (Phi) is 5.66. The molecule has 6 nitrogen and oxygen atoms in total. The van der Waals surface area contributed by atoms with Gasteiger partial charge in [-0.05, 0) is 31.9 Å². The average Bonchev–Trinajstić information content (AvgIpc) is 3.54. The number of anilines is 1. The van der Waals surface area contributed by atoms with Crippen molar-refractivity contribution in [3.8, 4) is 0 Å². The van der Waals surface area contributed by atoms with E-state index >= 15 is 0 Å². The summed E-state index contributed by atoms with van der Waals surface area (Å²) >= 11 is 0. The maximum absolute atomic E-state index is 14.6. The number of pyridine rings is 1. The van der Waals surface area contributed by atoms with E-state index in [0.29, 0.717) is 17.9 Å². The molecule has 12 heteroatoms. The lowest BCUT2D eigenvalue weighted by atomic mass is 10.0. The molecule has 0 radical (unpaired) electrons. The van der Waals surface area contributed by atoms with E-state index in [1.165, 1.54) is 6.92 Å². The second kappa shape index (κ2) is 8.25. The highest BCUT2D eigenvalue weighted by atomic mass is 19.4. The highest BCUT2D eigenvalue weighted by Gasteiger charge is 2.59. The van der Waals surface area contributed by atoms with Crippen LogP contribution in [-0.2, 0) is 6.18 Å². The number of likely N-dealkylation sites (tertiary alicyclic amines) is 1. The van der Waals surface area contributed by atoms with Crippen LogP contribution in [0.2, 0.25) is 0 Å². The lowest BCUT2D eigenvalue weighted by Gasteiger charge is -2.20. The molecule has 194 valence electrons. The summed E-state index contributed by atoms with van der Waals surface area (Å²) in [5, 5.41) is 5.63. The van der Waals surface area contributed by atoms with Crippen LogP contribution in [-0.4, -0.2) is 47.5 Å².